The lowest BCUT2D eigenvalue weighted by Crippen LogP contribution is -2.33. The van der Waals surface area contributed by atoms with E-state index < -0.39 is 12.0 Å². The van der Waals surface area contributed by atoms with E-state index in [1.807, 2.05) is 19.1 Å². The molecule has 2 aromatic rings. The number of aliphatic carboxylic acids is 1. The van der Waals surface area contributed by atoms with Gasteiger partial charge in [-0.1, -0.05) is 24.3 Å². The third-order valence-corrected chi connectivity index (χ3v) is 4.31. The van der Waals surface area contributed by atoms with Crippen molar-refractivity contribution in [1.82, 2.24) is 4.98 Å². The number of pyridine rings is 1. The molecule has 2 heterocycles. The van der Waals surface area contributed by atoms with Gasteiger partial charge in [-0.15, -0.1) is 0 Å². The van der Waals surface area contributed by atoms with Crippen LogP contribution in [0.15, 0.2) is 59.5 Å². The summed E-state index contributed by atoms with van der Waals surface area (Å²) in [7, 11) is 3.02. The molecule has 0 aliphatic carbocycles. The number of carbonyl (C=O) groups excluding carboxylic acids is 1. The lowest BCUT2D eigenvalue weighted by Gasteiger charge is -2.21. The molecule has 2 atom stereocenters. The van der Waals surface area contributed by atoms with Gasteiger partial charge in [0.05, 0.1) is 26.2 Å². The Morgan fingerprint density at radius 1 is 1.11 bits per heavy atom. The van der Waals surface area contributed by atoms with Crippen molar-refractivity contribution in [3.63, 3.8) is 0 Å². The number of rotatable bonds is 6. The molecule has 0 radical (unpaired) electrons. The fourth-order valence-corrected chi connectivity index (χ4v) is 3.10. The minimum atomic E-state index is -1.29. The van der Waals surface area contributed by atoms with Crippen LogP contribution in [0, 0.1) is 0 Å². The maximum Gasteiger partial charge on any atom is 0.184 e. The van der Waals surface area contributed by atoms with Gasteiger partial charge in [0, 0.05) is 23.6 Å². The van der Waals surface area contributed by atoms with E-state index in [-0.39, 0.29) is 6.04 Å². The van der Waals surface area contributed by atoms with Crippen LogP contribution in [0.25, 0.3) is 5.76 Å². The normalized spacial score (nSPS) is 17.3. The maximum atomic E-state index is 11.8. The highest BCUT2D eigenvalue weighted by Gasteiger charge is 2.30. The van der Waals surface area contributed by atoms with Crippen LogP contribution in [-0.4, -0.2) is 36.9 Å². The average Bonchev–Trinajstić information content (AvgIpc) is 2.82. The van der Waals surface area contributed by atoms with E-state index >= 15 is 0 Å². The number of aliphatic imine (C=N–C) groups is 1. The summed E-state index contributed by atoms with van der Waals surface area (Å²) in [6.45, 7) is 1.87. The Labute approximate surface area is 157 Å². The molecule has 1 aromatic carbocycles. The van der Waals surface area contributed by atoms with Gasteiger partial charge >= 0.3 is 0 Å². The number of methoxy groups -OCH3 is 2. The molecule has 1 N–H and O–H groups in total. The monoisotopic (exact) mass is 366 g/mol. The summed E-state index contributed by atoms with van der Waals surface area (Å²) in [6, 6.07) is 9.14. The summed E-state index contributed by atoms with van der Waals surface area (Å²) in [5.74, 6) is -0.481. The molecular weight excluding hydrogens is 346 g/mol. The van der Waals surface area contributed by atoms with Crippen LogP contribution in [0.1, 0.15) is 24.1 Å². The molecule has 0 amide bonds. The zero-order chi connectivity index (χ0) is 19.4. The van der Waals surface area contributed by atoms with Gasteiger partial charge in [-0.05, 0) is 24.6 Å². The van der Waals surface area contributed by atoms with E-state index in [9.17, 15) is 9.90 Å². The van der Waals surface area contributed by atoms with Crippen LogP contribution < -0.4 is 10.4 Å². The predicted octanol–water partition coefficient (Wildman–Crippen LogP) is 1.79. The number of fused-ring (bicyclic) bond motifs is 1. The molecule has 0 fully saturated rings. The van der Waals surface area contributed by atoms with Crippen molar-refractivity contribution in [1.29, 1.82) is 0 Å². The molecule has 1 aromatic heterocycles. The number of carbonyl (C=O) groups is 1. The number of carboxylic acids is 1. The van der Waals surface area contributed by atoms with E-state index in [2.05, 4.69) is 15.3 Å². The first kappa shape index (κ1) is 18.4. The van der Waals surface area contributed by atoms with Crippen LogP contribution in [0.2, 0.25) is 0 Å². The van der Waals surface area contributed by atoms with Crippen LogP contribution in [0.3, 0.4) is 0 Å². The van der Waals surface area contributed by atoms with Crippen molar-refractivity contribution < 1.29 is 19.4 Å². The Bertz CT molecular complexity index is 893. The highest BCUT2D eigenvalue weighted by atomic mass is 16.5. The molecule has 0 unspecified atom stereocenters. The summed E-state index contributed by atoms with van der Waals surface area (Å²) < 4.78 is 11.2. The molecule has 27 heavy (non-hydrogen) atoms. The third-order valence-electron chi connectivity index (χ3n) is 4.31. The molecule has 0 bridgehead atoms. The van der Waals surface area contributed by atoms with E-state index in [4.69, 9.17) is 9.47 Å². The second kappa shape index (κ2) is 7.90. The maximum absolute atomic E-state index is 11.8. The molecule has 0 saturated heterocycles. The number of hydrogen-bond donors (Lipinski definition) is 1. The van der Waals surface area contributed by atoms with Crippen LogP contribution in [0.4, 0.5) is 5.69 Å². The fourth-order valence-electron chi connectivity index (χ4n) is 3.10. The van der Waals surface area contributed by atoms with E-state index in [1.165, 1.54) is 14.2 Å². The minimum Gasteiger partial charge on any atom is -0.547 e. The summed E-state index contributed by atoms with van der Waals surface area (Å²) in [6.07, 6.45) is 3.33. The minimum absolute atomic E-state index is 0.358. The number of aromatic nitrogens is 1. The van der Waals surface area contributed by atoms with E-state index in [1.54, 1.807) is 36.7 Å². The van der Waals surface area contributed by atoms with Crippen molar-refractivity contribution in [2.45, 2.75) is 19.0 Å². The number of nitrogens with zero attached hydrogens (tertiary/aromatic N) is 2. The first-order chi connectivity index (χ1) is 13.1. The number of anilines is 1. The van der Waals surface area contributed by atoms with Gasteiger partial charge in [0.15, 0.2) is 11.5 Å². The number of hydrogen-bond acceptors (Lipinski definition) is 7. The highest BCUT2D eigenvalue weighted by molar-refractivity contribution is 6.10. The molecule has 3 rings (SSSR count). The largest absolute Gasteiger partial charge is 0.547 e. The zero-order valence-corrected chi connectivity index (χ0v) is 15.3. The Morgan fingerprint density at radius 2 is 1.78 bits per heavy atom. The average molecular weight is 366 g/mol. The number of nitrogens with one attached hydrogen (secondary N) is 1. The number of benzene rings is 1. The molecule has 0 spiro atoms. The first-order valence-corrected chi connectivity index (χ1v) is 8.43. The smallest absolute Gasteiger partial charge is 0.184 e. The van der Waals surface area contributed by atoms with Crippen LogP contribution >= 0.6 is 0 Å². The zero-order valence-electron chi connectivity index (χ0n) is 15.3. The molecule has 7 heteroatoms. The van der Waals surface area contributed by atoms with Gasteiger partial charge in [0.25, 0.3) is 0 Å². The van der Waals surface area contributed by atoms with Crippen molar-refractivity contribution in [3.05, 3.63) is 65.7 Å². The van der Waals surface area contributed by atoms with Gasteiger partial charge in [-0.2, -0.15) is 0 Å². The van der Waals surface area contributed by atoms with Crippen molar-refractivity contribution in [3.8, 4) is 0 Å². The molecular formula is C20H20N3O4-. The Morgan fingerprint density at radius 3 is 2.41 bits per heavy atom. The Hall–Kier alpha value is -3.35. The van der Waals surface area contributed by atoms with Gasteiger partial charge < -0.3 is 24.7 Å². The lowest BCUT2D eigenvalue weighted by atomic mass is 9.99. The van der Waals surface area contributed by atoms with Gasteiger partial charge in [-0.3, -0.25) is 9.98 Å². The molecule has 7 nitrogen and oxygen atoms in total. The van der Waals surface area contributed by atoms with Gasteiger partial charge in [0.2, 0.25) is 0 Å². The standard InChI is InChI=1S/C20H21N3O4/c1-12(22-13-8-10-21-11-9-13)16-19(27-3)18(26-2)15-7-5-4-6-14(15)17(23-16)20(24)25/h4-12,17H,1-3H3,(H,21,22)(H,24,25)/p-1/t12-,17+/m0/s1. The molecule has 140 valence electrons. The van der Waals surface area contributed by atoms with Gasteiger partial charge in [0.1, 0.15) is 11.8 Å². The van der Waals surface area contributed by atoms with Crippen molar-refractivity contribution in [2.75, 3.05) is 19.5 Å². The van der Waals surface area contributed by atoms with E-state index in [0.29, 0.717) is 28.4 Å². The molecule has 1 aliphatic rings. The Balaban J connectivity index is 2.14. The van der Waals surface area contributed by atoms with Crippen LogP contribution in [0.5, 0.6) is 0 Å². The van der Waals surface area contributed by atoms with Crippen LogP contribution in [-0.2, 0) is 14.3 Å². The number of ether oxygens (including phenoxy) is 2. The second-order valence-corrected chi connectivity index (χ2v) is 5.99. The summed E-state index contributed by atoms with van der Waals surface area (Å²) >= 11 is 0. The summed E-state index contributed by atoms with van der Waals surface area (Å²) in [4.78, 5) is 20.3. The molecule has 1 aliphatic heterocycles. The van der Waals surface area contributed by atoms with Crippen molar-refractivity contribution >= 4 is 23.1 Å². The second-order valence-electron chi connectivity index (χ2n) is 5.99. The quantitative estimate of drug-likeness (QED) is 0.837. The lowest BCUT2D eigenvalue weighted by molar-refractivity contribution is -0.307. The van der Waals surface area contributed by atoms with E-state index in [0.717, 1.165) is 5.69 Å². The topological polar surface area (TPSA) is 95.9 Å². The number of carboxylic acid groups (broad SMARTS) is 1. The first-order valence-electron chi connectivity index (χ1n) is 8.43. The Kier molecular flexibility index (Phi) is 5.40. The summed E-state index contributed by atoms with van der Waals surface area (Å²) in [5.41, 5.74) is 2.36. The SMILES string of the molecule is COC1=C(OC)c2ccccc2[C@H](C(=O)[O-])N=C1[C@H](C)Nc1ccncc1. The van der Waals surface area contributed by atoms with Crippen molar-refractivity contribution in [2.24, 2.45) is 4.99 Å². The molecule has 0 saturated carbocycles. The fraction of sp³-hybridized carbons (Fsp3) is 0.250. The predicted molar refractivity (Wildman–Crippen MR) is 99.9 cm³/mol. The highest BCUT2D eigenvalue weighted by Crippen LogP contribution is 2.34. The summed E-state index contributed by atoms with van der Waals surface area (Å²) in [5, 5.41) is 15.1. The third kappa shape index (κ3) is 3.62. The van der Waals surface area contributed by atoms with Gasteiger partial charge in [-0.25, -0.2) is 0 Å².